The highest BCUT2D eigenvalue weighted by Gasteiger charge is 2.14. The first-order valence-electron chi connectivity index (χ1n) is 7.54. The highest BCUT2D eigenvalue weighted by molar-refractivity contribution is 7.19. The molecular formula is C19H18Cl2N2S. The number of hydrogen-bond donors (Lipinski definition) is 0. The van der Waals surface area contributed by atoms with Gasteiger partial charge in [0.15, 0.2) is 0 Å². The van der Waals surface area contributed by atoms with Gasteiger partial charge in [-0.25, -0.2) is 0 Å². The van der Waals surface area contributed by atoms with Gasteiger partial charge >= 0.3 is 0 Å². The van der Waals surface area contributed by atoms with E-state index in [2.05, 4.69) is 47.5 Å². The molecule has 0 saturated heterocycles. The van der Waals surface area contributed by atoms with Gasteiger partial charge in [0.25, 0.3) is 0 Å². The maximum absolute atomic E-state index is 4.74. The van der Waals surface area contributed by atoms with Crippen LogP contribution < -0.4 is 0 Å². The molecule has 0 atom stereocenters. The Balaban J connectivity index is 0.00000104. The zero-order valence-electron chi connectivity index (χ0n) is 13.0. The molecular weight excluding hydrogens is 359 g/mol. The first kappa shape index (κ1) is 18.7. The predicted octanol–water partition coefficient (Wildman–Crippen LogP) is 5.81. The van der Waals surface area contributed by atoms with Crippen molar-refractivity contribution in [1.29, 1.82) is 0 Å². The number of fused-ring (bicyclic) bond motifs is 1. The van der Waals surface area contributed by atoms with Crippen LogP contribution >= 0.6 is 36.2 Å². The van der Waals surface area contributed by atoms with E-state index in [1.165, 1.54) is 20.5 Å². The van der Waals surface area contributed by atoms with Crippen LogP contribution in [0.25, 0.3) is 16.2 Å². The van der Waals surface area contributed by atoms with Crippen LogP contribution in [0.2, 0.25) is 0 Å². The lowest BCUT2D eigenvalue weighted by molar-refractivity contribution is 0.818. The second-order valence-corrected chi connectivity index (χ2v) is 6.55. The molecule has 0 aliphatic carbocycles. The molecule has 0 fully saturated rings. The van der Waals surface area contributed by atoms with Crippen LogP contribution in [0.15, 0.2) is 65.4 Å². The maximum Gasteiger partial charge on any atom is 0.0694 e. The molecule has 0 radical (unpaired) electrons. The molecule has 1 aromatic carbocycles. The number of hydrogen-bond acceptors (Lipinski definition) is 3. The molecule has 3 aromatic rings. The average Bonchev–Trinajstić information content (AvgIpc) is 2.98. The molecule has 4 rings (SSSR count). The molecule has 0 unspecified atom stereocenters. The standard InChI is InChI=1S/C19H16N2S.2ClH/c1-2-8-18-14(5-1)11-17(22-18)12-15-6-4-10-21-19(15)16-7-3-9-20-13-16;;/h1-3,5,7-9,11-13H,4,6,10H2;2*1H/b15-12+;;. The topological polar surface area (TPSA) is 25.2 Å². The van der Waals surface area contributed by atoms with Gasteiger partial charge in [-0.3, -0.25) is 9.98 Å². The van der Waals surface area contributed by atoms with Crippen LogP contribution in [0.1, 0.15) is 23.3 Å². The summed E-state index contributed by atoms with van der Waals surface area (Å²) in [7, 11) is 0. The SMILES string of the molecule is C(=C1/CCCN=C1c1cccnc1)/c1cc2ccccc2s1.Cl.Cl. The van der Waals surface area contributed by atoms with E-state index in [9.17, 15) is 0 Å². The first-order valence-corrected chi connectivity index (χ1v) is 8.36. The third kappa shape index (κ3) is 3.86. The van der Waals surface area contributed by atoms with Crippen molar-refractivity contribution in [2.45, 2.75) is 12.8 Å². The predicted molar refractivity (Wildman–Crippen MR) is 109 cm³/mol. The van der Waals surface area contributed by atoms with E-state index in [0.29, 0.717) is 0 Å². The Hall–Kier alpha value is -1.68. The summed E-state index contributed by atoms with van der Waals surface area (Å²) < 4.78 is 1.34. The van der Waals surface area contributed by atoms with Gasteiger partial charge in [0, 0.05) is 34.1 Å². The number of nitrogens with zero attached hydrogens (tertiary/aromatic N) is 2. The van der Waals surface area contributed by atoms with E-state index in [1.807, 2.05) is 29.8 Å². The van der Waals surface area contributed by atoms with Crippen LogP contribution in [0.3, 0.4) is 0 Å². The lowest BCUT2D eigenvalue weighted by atomic mass is 9.96. The number of benzene rings is 1. The normalized spacial score (nSPS) is 15.5. The number of allylic oxidation sites excluding steroid dienone is 1. The van der Waals surface area contributed by atoms with Crippen LogP contribution in [0.4, 0.5) is 0 Å². The Morgan fingerprint density at radius 3 is 2.71 bits per heavy atom. The molecule has 3 heterocycles. The highest BCUT2D eigenvalue weighted by atomic mass is 35.5. The van der Waals surface area contributed by atoms with Crippen LogP contribution in [0, 0.1) is 0 Å². The Bertz CT molecular complexity index is 836. The van der Waals surface area contributed by atoms with E-state index < -0.39 is 0 Å². The van der Waals surface area contributed by atoms with Gasteiger partial charge in [-0.05, 0) is 54.1 Å². The molecule has 0 amide bonds. The molecule has 2 nitrogen and oxygen atoms in total. The summed E-state index contributed by atoms with van der Waals surface area (Å²) in [6, 6.07) is 14.9. The molecule has 1 aliphatic heterocycles. The van der Waals surface area contributed by atoms with Gasteiger partial charge in [0.05, 0.1) is 5.71 Å². The van der Waals surface area contributed by atoms with Gasteiger partial charge in [-0.15, -0.1) is 36.2 Å². The third-order valence-corrected chi connectivity index (χ3v) is 4.94. The largest absolute Gasteiger partial charge is 0.284 e. The second-order valence-electron chi connectivity index (χ2n) is 5.43. The van der Waals surface area contributed by atoms with Crippen molar-refractivity contribution in [3.05, 3.63) is 70.9 Å². The minimum absolute atomic E-state index is 0. The smallest absolute Gasteiger partial charge is 0.0694 e. The van der Waals surface area contributed by atoms with Crippen molar-refractivity contribution < 1.29 is 0 Å². The van der Waals surface area contributed by atoms with Crippen molar-refractivity contribution in [3.8, 4) is 0 Å². The fraction of sp³-hybridized carbons (Fsp3) is 0.158. The lowest BCUT2D eigenvalue weighted by Crippen LogP contribution is -2.11. The van der Waals surface area contributed by atoms with Gasteiger partial charge in [-0.2, -0.15) is 0 Å². The van der Waals surface area contributed by atoms with Crippen molar-refractivity contribution in [2.24, 2.45) is 4.99 Å². The maximum atomic E-state index is 4.74. The van der Waals surface area contributed by atoms with Gasteiger partial charge < -0.3 is 0 Å². The number of halogens is 2. The molecule has 0 N–H and O–H groups in total. The molecule has 124 valence electrons. The van der Waals surface area contributed by atoms with E-state index in [-0.39, 0.29) is 24.8 Å². The minimum atomic E-state index is 0. The Morgan fingerprint density at radius 2 is 1.92 bits per heavy atom. The summed E-state index contributed by atoms with van der Waals surface area (Å²) in [6.45, 7) is 0.911. The number of pyridine rings is 1. The highest BCUT2D eigenvalue weighted by Crippen LogP contribution is 2.29. The number of rotatable bonds is 2. The Kier molecular flexibility index (Phi) is 6.55. The molecule has 0 bridgehead atoms. The number of aliphatic imine (C=N–C) groups is 1. The zero-order valence-corrected chi connectivity index (χ0v) is 15.5. The molecule has 0 saturated carbocycles. The Morgan fingerprint density at radius 1 is 1.04 bits per heavy atom. The monoisotopic (exact) mass is 376 g/mol. The molecule has 1 aliphatic rings. The van der Waals surface area contributed by atoms with E-state index in [1.54, 1.807) is 0 Å². The quantitative estimate of drug-likeness (QED) is 0.554. The van der Waals surface area contributed by atoms with Crippen LogP contribution in [-0.2, 0) is 0 Å². The summed E-state index contributed by atoms with van der Waals surface area (Å²) >= 11 is 1.84. The van der Waals surface area contributed by atoms with Crippen LogP contribution in [-0.4, -0.2) is 17.2 Å². The van der Waals surface area contributed by atoms with Gasteiger partial charge in [0.2, 0.25) is 0 Å². The van der Waals surface area contributed by atoms with Crippen molar-refractivity contribution in [1.82, 2.24) is 4.98 Å². The number of thiophene rings is 1. The zero-order chi connectivity index (χ0) is 14.8. The molecule has 24 heavy (non-hydrogen) atoms. The molecule has 2 aromatic heterocycles. The van der Waals surface area contributed by atoms with Crippen molar-refractivity contribution in [3.63, 3.8) is 0 Å². The van der Waals surface area contributed by atoms with E-state index >= 15 is 0 Å². The summed E-state index contributed by atoms with van der Waals surface area (Å²) in [4.78, 5) is 10.3. The fourth-order valence-corrected chi connectivity index (χ4v) is 3.88. The lowest BCUT2D eigenvalue weighted by Gasteiger charge is -2.15. The second kappa shape index (κ2) is 8.43. The minimum Gasteiger partial charge on any atom is -0.284 e. The third-order valence-electron chi connectivity index (χ3n) is 3.87. The van der Waals surface area contributed by atoms with E-state index in [4.69, 9.17) is 4.99 Å². The van der Waals surface area contributed by atoms with Gasteiger partial charge in [-0.1, -0.05) is 18.2 Å². The van der Waals surface area contributed by atoms with Crippen LogP contribution in [0.5, 0.6) is 0 Å². The van der Waals surface area contributed by atoms with E-state index in [0.717, 1.165) is 30.7 Å². The Labute approximate surface area is 158 Å². The summed E-state index contributed by atoms with van der Waals surface area (Å²) in [5.74, 6) is 0. The van der Waals surface area contributed by atoms with Crippen molar-refractivity contribution >= 4 is 58.0 Å². The average molecular weight is 377 g/mol. The van der Waals surface area contributed by atoms with Crippen molar-refractivity contribution in [2.75, 3.05) is 6.54 Å². The summed E-state index contributed by atoms with van der Waals surface area (Å²) in [5, 5.41) is 1.31. The first-order chi connectivity index (χ1) is 10.9. The molecule has 5 heteroatoms. The van der Waals surface area contributed by atoms with Gasteiger partial charge in [0.1, 0.15) is 0 Å². The number of aromatic nitrogens is 1. The summed E-state index contributed by atoms with van der Waals surface area (Å²) in [5.41, 5.74) is 3.55. The molecule has 0 spiro atoms. The summed E-state index contributed by atoms with van der Waals surface area (Å²) in [6.07, 6.45) is 8.23. The fourth-order valence-electron chi connectivity index (χ4n) is 2.85.